The highest BCUT2D eigenvalue weighted by Crippen LogP contribution is 2.19. The molecule has 0 saturated heterocycles. The van der Waals surface area contributed by atoms with Crippen LogP contribution in [0.25, 0.3) is 0 Å². The molecule has 1 aromatic rings. The van der Waals surface area contributed by atoms with Crippen LogP contribution in [0.3, 0.4) is 0 Å². The lowest BCUT2D eigenvalue weighted by atomic mass is 10.1. The fraction of sp³-hybridized carbons (Fsp3) is 0.692. The highest BCUT2D eigenvalue weighted by Gasteiger charge is 2.21. The van der Waals surface area contributed by atoms with Gasteiger partial charge in [0.05, 0.1) is 6.61 Å². The Kier molecular flexibility index (Phi) is 5.19. The third-order valence-corrected chi connectivity index (χ3v) is 3.06. The first kappa shape index (κ1) is 14.5. The Balaban J connectivity index is 3.06. The Morgan fingerprint density at radius 2 is 2.11 bits per heavy atom. The number of carbonyl (C=O) groups is 1. The summed E-state index contributed by atoms with van der Waals surface area (Å²) in [6.45, 7) is 9.18. The summed E-state index contributed by atoms with van der Waals surface area (Å²) in [4.78, 5) is 16.0. The van der Waals surface area contributed by atoms with Crippen molar-refractivity contribution >= 4 is 11.8 Å². The molecule has 0 radical (unpaired) electrons. The molecule has 2 N–H and O–H groups in total. The second-order valence-electron chi connectivity index (χ2n) is 4.46. The summed E-state index contributed by atoms with van der Waals surface area (Å²) < 4.78 is 6.89. The highest BCUT2D eigenvalue weighted by atomic mass is 16.5. The zero-order valence-corrected chi connectivity index (χ0v) is 11.7. The molecule has 0 fully saturated rings. The number of carbonyl (C=O) groups excluding carboxylic acids is 1. The number of hydrogen-bond acceptors (Lipinski definition) is 4. The maximum Gasteiger partial charge on any atom is 0.360 e. The van der Waals surface area contributed by atoms with Gasteiger partial charge in [0.25, 0.3) is 0 Å². The maximum atomic E-state index is 11.7. The van der Waals surface area contributed by atoms with Gasteiger partial charge in [-0.1, -0.05) is 27.2 Å². The summed E-state index contributed by atoms with van der Waals surface area (Å²) >= 11 is 0. The molecule has 0 saturated carbocycles. The van der Waals surface area contributed by atoms with E-state index in [0.717, 1.165) is 25.2 Å². The molecule has 0 spiro atoms. The number of rotatable bonds is 6. The molecule has 0 amide bonds. The van der Waals surface area contributed by atoms with Gasteiger partial charge >= 0.3 is 5.97 Å². The van der Waals surface area contributed by atoms with E-state index in [2.05, 4.69) is 18.8 Å². The lowest BCUT2D eigenvalue weighted by Crippen LogP contribution is -2.13. The zero-order chi connectivity index (χ0) is 13.7. The fourth-order valence-corrected chi connectivity index (χ4v) is 1.78. The number of hydrogen-bond donors (Lipinski definition) is 1. The molecule has 1 atom stereocenters. The van der Waals surface area contributed by atoms with E-state index < -0.39 is 5.97 Å². The Hall–Kier alpha value is -1.52. The molecule has 0 aliphatic heterocycles. The first-order valence-electron chi connectivity index (χ1n) is 6.56. The van der Waals surface area contributed by atoms with E-state index in [9.17, 15) is 4.79 Å². The topological polar surface area (TPSA) is 70.1 Å². The summed E-state index contributed by atoms with van der Waals surface area (Å²) in [6.07, 6.45) is 1.82. The monoisotopic (exact) mass is 253 g/mol. The van der Waals surface area contributed by atoms with E-state index in [1.54, 1.807) is 6.92 Å². The highest BCUT2D eigenvalue weighted by molar-refractivity contribution is 5.92. The van der Waals surface area contributed by atoms with Crippen LogP contribution in [-0.2, 0) is 17.7 Å². The quantitative estimate of drug-likeness (QED) is 0.789. The lowest BCUT2D eigenvalue weighted by Gasteiger charge is -2.13. The standard InChI is InChI=1S/C13H23N3O2/c1-5-9(4)8-16-10(6-2)15-11(12(16)14)13(17)18-7-3/h9H,5-8,14H2,1-4H3. The van der Waals surface area contributed by atoms with Crippen molar-refractivity contribution < 1.29 is 9.53 Å². The van der Waals surface area contributed by atoms with E-state index in [0.29, 0.717) is 18.3 Å². The zero-order valence-electron chi connectivity index (χ0n) is 11.7. The third-order valence-electron chi connectivity index (χ3n) is 3.06. The number of ether oxygens (including phenoxy) is 1. The SMILES string of the molecule is CCOC(=O)c1nc(CC)n(CC(C)CC)c1N. The predicted octanol–water partition coefficient (Wildman–Crippen LogP) is 2.25. The van der Waals surface area contributed by atoms with Crippen molar-refractivity contribution in [3.8, 4) is 0 Å². The van der Waals surface area contributed by atoms with Gasteiger partial charge in [0.1, 0.15) is 11.6 Å². The molecular weight excluding hydrogens is 230 g/mol. The Labute approximate surface area is 108 Å². The van der Waals surface area contributed by atoms with Gasteiger partial charge in [0.15, 0.2) is 5.69 Å². The van der Waals surface area contributed by atoms with Crippen molar-refractivity contribution in [1.82, 2.24) is 9.55 Å². The minimum absolute atomic E-state index is 0.247. The molecule has 1 heterocycles. The second-order valence-corrected chi connectivity index (χ2v) is 4.46. The van der Waals surface area contributed by atoms with Crippen LogP contribution in [0.1, 0.15) is 50.4 Å². The van der Waals surface area contributed by atoms with Crippen molar-refractivity contribution in [3.63, 3.8) is 0 Å². The lowest BCUT2D eigenvalue weighted by molar-refractivity contribution is 0.0521. The first-order chi connectivity index (χ1) is 8.54. The smallest absolute Gasteiger partial charge is 0.360 e. The van der Waals surface area contributed by atoms with E-state index in [1.807, 2.05) is 11.5 Å². The summed E-state index contributed by atoms with van der Waals surface area (Å²) in [5, 5.41) is 0. The summed E-state index contributed by atoms with van der Waals surface area (Å²) in [7, 11) is 0. The molecule has 0 aliphatic rings. The van der Waals surface area contributed by atoms with Gasteiger partial charge in [0.2, 0.25) is 0 Å². The van der Waals surface area contributed by atoms with E-state index in [-0.39, 0.29) is 5.69 Å². The summed E-state index contributed by atoms with van der Waals surface area (Å²) in [6, 6.07) is 0. The summed E-state index contributed by atoms with van der Waals surface area (Å²) in [5.74, 6) is 1.33. The van der Waals surface area contributed by atoms with Crippen LogP contribution in [0.15, 0.2) is 0 Å². The summed E-state index contributed by atoms with van der Waals surface area (Å²) in [5.41, 5.74) is 6.26. The average Bonchev–Trinajstić information content (AvgIpc) is 2.67. The van der Waals surface area contributed by atoms with Crippen LogP contribution in [-0.4, -0.2) is 22.1 Å². The number of esters is 1. The molecule has 5 heteroatoms. The molecule has 18 heavy (non-hydrogen) atoms. The van der Waals surface area contributed by atoms with E-state index >= 15 is 0 Å². The number of nitrogen functional groups attached to an aromatic ring is 1. The Bertz CT molecular complexity index is 413. The molecule has 0 bridgehead atoms. The van der Waals surface area contributed by atoms with Crippen LogP contribution < -0.4 is 5.73 Å². The van der Waals surface area contributed by atoms with Crippen molar-refractivity contribution in [3.05, 3.63) is 11.5 Å². The van der Waals surface area contributed by atoms with Gasteiger partial charge in [-0.3, -0.25) is 0 Å². The predicted molar refractivity (Wildman–Crippen MR) is 71.4 cm³/mol. The van der Waals surface area contributed by atoms with Crippen LogP contribution in [0, 0.1) is 5.92 Å². The second kappa shape index (κ2) is 6.42. The van der Waals surface area contributed by atoms with Gasteiger partial charge in [0, 0.05) is 13.0 Å². The Morgan fingerprint density at radius 3 is 2.61 bits per heavy atom. The van der Waals surface area contributed by atoms with Gasteiger partial charge in [-0.25, -0.2) is 9.78 Å². The molecule has 102 valence electrons. The molecular formula is C13H23N3O2. The van der Waals surface area contributed by atoms with Crippen molar-refractivity contribution in [2.24, 2.45) is 5.92 Å². The van der Waals surface area contributed by atoms with Crippen molar-refractivity contribution in [2.45, 2.75) is 47.1 Å². The largest absolute Gasteiger partial charge is 0.461 e. The van der Waals surface area contributed by atoms with Crippen LogP contribution in [0.5, 0.6) is 0 Å². The normalized spacial score (nSPS) is 12.4. The molecule has 0 aliphatic carbocycles. The van der Waals surface area contributed by atoms with Crippen LogP contribution >= 0.6 is 0 Å². The van der Waals surface area contributed by atoms with Gasteiger partial charge in [-0.2, -0.15) is 0 Å². The number of nitrogens with zero attached hydrogens (tertiary/aromatic N) is 2. The fourth-order valence-electron chi connectivity index (χ4n) is 1.78. The number of aromatic nitrogens is 2. The molecule has 1 rings (SSSR count). The third kappa shape index (κ3) is 3.03. The molecule has 0 aromatic carbocycles. The minimum Gasteiger partial charge on any atom is -0.461 e. The number of imidazole rings is 1. The molecule has 1 unspecified atom stereocenters. The van der Waals surface area contributed by atoms with E-state index in [1.165, 1.54) is 0 Å². The van der Waals surface area contributed by atoms with E-state index in [4.69, 9.17) is 10.5 Å². The van der Waals surface area contributed by atoms with Gasteiger partial charge < -0.3 is 15.0 Å². The van der Waals surface area contributed by atoms with Crippen molar-refractivity contribution in [2.75, 3.05) is 12.3 Å². The van der Waals surface area contributed by atoms with Crippen LogP contribution in [0.2, 0.25) is 0 Å². The minimum atomic E-state index is -0.437. The number of anilines is 1. The number of aryl methyl sites for hydroxylation is 1. The first-order valence-corrected chi connectivity index (χ1v) is 6.56. The molecule has 5 nitrogen and oxygen atoms in total. The number of nitrogens with two attached hydrogens (primary N) is 1. The molecule has 1 aromatic heterocycles. The average molecular weight is 253 g/mol. The van der Waals surface area contributed by atoms with Gasteiger partial charge in [-0.05, 0) is 12.8 Å². The maximum absolute atomic E-state index is 11.7. The van der Waals surface area contributed by atoms with Crippen LogP contribution in [0.4, 0.5) is 5.82 Å². The van der Waals surface area contributed by atoms with Crippen molar-refractivity contribution in [1.29, 1.82) is 0 Å². The Morgan fingerprint density at radius 1 is 1.44 bits per heavy atom. The van der Waals surface area contributed by atoms with Gasteiger partial charge in [-0.15, -0.1) is 0 Å².